The van der Waals surface area contributed by atoms with E-state index in [9.17, 15) is 9.59 Å². The van der Waals surface area contributed by atoms with Crippen LogP contribution >= 0.6 is 0 Å². The molecule has 2 aliphatic heterocycles. The Balaban J connectivity index is 1.57. The van der Waals surface area contributed by atoms with Gasteiger partial charge >= 0.3 is 5.97 Å². The van der Waals surface area contributed by atoms with Gasteiger partial charge in [-0.1, -0.05) is 36.4 Å². The minimum absolute atomic E-state index is 0.148. The maximum atomic E-state index is 12.9. The molecule has 0 saturated heterocycles. The van der Waals surface area contributed by atoms with Crippen LogP contribution in [0.3, 0.4) is 0 Å². The van der Waals surface area contributed by atoms with Crippen molar-refractivity contribution in [2.75, 3.05) is 6.61 Å². The highest BCUT2D eigenvalue weighted by Crippen LogP contribution is 2.33. The summed E-state index contributed by atoms with van der Waals surface area (Å²) in [6, 6.07) is 14.8. The molecule has 25 heavy (non-hydrogen) atoms. The second-order valence-corrected chi connectivity index (χ2v) is 6.66. The number of benzene rings is 2. The Kier molecular flexibility index (Phi) is 3.71. The zero-order valence-electron chi connectivity index (χ0n) is 14.0. The number of esters is 1. The van der Waals surface area contributed by atoms with Gasteiger partial charge in [0.25, 0.3) is 5.91 Å². The number of cyclic esters (lactones) is 1. The van der Waals surface area contributed by atoms with Crippen molar-refractivity contribution < 1.29 is 19.1 Å². The van der Waals surface area contributed by atoms with E-state index in [0.717, 1.165) is 16.9 Å². The molecule has 5 heteroatoms. The molecule has 0 aromatic heterocycles. The Morgan fingerprint density at radius 2 is 1.92 bits per heavy atom. The molecule has 0 fully saturated rings. The van der Waals surface area contributed by atoms with Crippen molar-refractivity contribution in [1.82, 2.24) is 5.32 Å². The molecule has 2 aromatic carbocycles. The lowest BCUT2D eigenvalue weighted by Gasteiger charge is -2.35. The summed E-state index contributed by atoms with van der Waals surface area (Å²) in [6.07, 6.45) is 1.05. The minimum Gasteiger partial charge on any atom is -0.493 e. The lowest BCUT2D eigenvalue weighted by atomic mass is 9.88. The Bertz CT molecular complexity index is 847. The van der Waals surface area contributed by atoms with Gasteiger partial charge < -0.3 is 14.8 Å². The largest absolute Gasteiger partial charge is 0.493 e. The van der Waals surface area contributed by atoms with Gasteiger partial charge in [-0.05, 0) is 24.6 Å². The average molecular weight is 337 g/mol. The summed E-state index contributed by atoms with van der Waals surface area (Å²) in [5.41, 5.74) is 1.11. The maximum Gasteiger partial charge on any atom is 0.339 e. The van der Waals surface area contributed by atoms with Crippen molar-refractivity contribution in [2.24, 2.45) is 0 Å². The molecule has 0 radical (unpaired) electrons. The van der Waals surface area contributed by atoms with E-state index in [0.29, 0.717) is 25.0 Å². The SMILES string of the molecule is C[C@]1(C(=O)N[C@@H]2CCOc3ccccc32)Cc2ccccc2C(=O)O1. The van der Waals surface area contributed by atoms with Crippen LogP contribution in [-0.4, -0.2) is 24.1 Å². The molecule has 2 aromatic rings. The minimum atomic E-state index is -1.21. The fourth-order valence-corrected chi connectivity index (χ4v) is 3.46. The van der Waals surface area contributed by atoms with E-state index >= 15 is 0 Å². The summed E-state index contributed by atoms with van der Waals surface area (Å²) in [4.78, 5) is 25.2. The average Bonchev–Trinajstić information content (AvgIpc) is 2.62. The molecule has 0 spiro atoms. The van der Waals surface area contributed by atoms with E-state index in [4.69, 9.17) is 9.47 Å². The lowest BCUT2D eigenvalue weighted by molar-refractivity contribution is -0.140. The fraction of sp³-hybridized carbons (Fsp3) is 0.300. The molecule has 0 saturated carbocycles. The van der Waals surface area contributed by atoms with Crippen molar-refractivity contribution in [1.29, 1.82) is 0 Å². The first-order chi connectivity index (χ1) is 12.1. The van der Waals surface area contributed by atoms with Crippen LogP contribution in [0, 0.1) is 0 Å². The summed E-state index contributed by atoms with van der Waals surface area (Å²) in [6.45, 7) is 2.21. The van der Waals surface area contributed by atoms with Crippen LogP contribution in [0.2, 0.25) is 0 Å². The molecule has 1 amide bonds. The van der Waals surface area contributed by atoms with Crippen LogP contribution in [-0.2, 0) is 16.0 Å². The number of fused-ring (bicyclic) bond motifs is 2. The highest BCUT2D eigenvalue weighted by Gasteiger charge is 2.43. The number of hydrogen-bond donors (Lipinski definition) is 1. The highest BCUT2D eigenvalue weighted by atomic mass is 16.6. The normalized spacial score (nSPS) is 24.4. The van der Waals surface area contributed by atoms with Crippen LogP contribution in [0.4, 0.5) is 0 Å². The van der Waals surface area contributed by atoms with Gasteiger partial charge in [0.2, 0.25) is 0 Å². The topological polar surface area (TPSA) is 64.6 Å². The van der Waals surface area contributed by atoms with Crippen LogP contribution in [0.1, 0.15) is 40.9 Å². The number of rotatable bonds is 2. The number of ether oxygens (including phenoxy) is 2. The molecular weight excluding hydrogens is 318 g/mol. The van der Waals surface area contributed by atoms with Crippen molar-refractivity contribution in [3.63, 3.8) is 0 Å². The third kappa shape index (κ3) is 2.76. The first-order valence-corrected chi connectivity index (χ1v) is 8.41. The molecule has 2 aliphatic rings. The van der Waals surface area contributed by atoms with Gasteiger partial charge in [0.05, 0.1) is 18.2 Å². The van der Waals surface area contributed by atoms with Crippen molar-refractivity contribution in [3.8, 4) is 5.75 Å². The molecule has 0 bridgehead atoms. The molecule has 5 nitrogen and oxygen atoms in total. The Morgan fingerprint density at radius 1 is 1.16 bits per heavy atom. The van der Waals surface area contributed by atoms with E-state index in [1.807, 2.05) is 36.4 Å². The lowest BCUT2D eigenvalue weighted by Crippen LogP contribution is -2.52. The predicted octanol–water partition coefficient (Wildman–Crippen LogP) is 2.80. The van der Waals surface area contributed by atoms with Crippen molar-refractivity contribution in [3.05, 3.63) is 65.2 Å². The monoisotopic (exact) mass is 337 g/mol. The molecule has 0 unspecified atom stereocenters. The van der Waals surface area contributed by atoms with Crippen LogP contribution in [0.25, 0.3) is 0 Å². The quantitative estimate of drug-likeness (QED) is 0.856. The van der Waals surface area contributed by atoms with E-state index in [1.165, 1.54) is 0 Å². The summed E-state index contributed by atoms with van der Waals surface area (Å²) >= 11 is 0. The number of carbonyl (C=O) groups is 2. The summed E-state index contributed by atoms with van der Waals surface area (Å²) < 4.78 is 11.1. The standard InChI is InChI=1S/C20H19NO4/c1-20(12-13-6-2-3-7-14(13)18(22)25-20)19(23)21-16-10-11-24-17-9-5-4-8-15(16)17/h2-9,16H,10-12H2,1H3,(H,21,23)/t16-,20-/m1/s1. The number of hydrogen-bond acceptors (Lipinski definition) is 4. The third-order valence-electron chi connectivity index (χ3n) is 4.83. The molecule has 0 aliphatic carbocycles. The smallest absolute Gasteiger partial charge is 0.339 e. The molecular formula is C20H19NO4. The second-order valence-electron chi connectivity index (χ2n) is 6.66. The van der Waals surface area contributed by atoms with Gasteiger partial charge in [0.1, 0.15) is 5.75 Å². The number of nitrogens with one attached hydrogen (secondary N) is 1. The summed E-state index contributed by atoms with van der Waals surface area (Å²) in [5, 5.41) is 3.04. The summed E-state index contributed by atoms with van der Waals surface area (Å²) in [5.74, 6) is 0.0547. The Labute approximate surface area is 145 Å². The van der Waals surface area contributed by atoms with Gasteiger partial charge in [-0.15, -0.1) is 0 Å². The van der Waals surface area contributed by atoms with E-state index in [2.05, 4.69) is 5.32 Å². The van der Waals surface area contributed by atoms with Crippen LogP contribution in [0.15, 0.2) is 48.5 Å². The predicted molar refractivity (Wildman–Crippen MR) is 91.4 cm³/mol. The Morgan fingerprint density at radius 3 is 2.80 bits per heavy atom. The molecule has 1 N–H and O–H groups in total. The summed E-state index contributed by atoms with van der Waals surface area (Å²) in [7, 11) is 0. The van der Waals surface area contributed by atoms with Crippen LogP contribution in [0.5, 0.6) is 5.75 Å². The van der Waals surface area contributed by atoms with Gasteiger partial charge in [-0.25, -0.2) is 4.79 Å². The number of para-hydroxylation sites is 1. The highest BCUT2D eigenvalue weighted by molar-refractivity contribution is 5.97. The number of amides is 1. The van der Waals surface area contributed by atoms with Gasteiger partial charge in [0.15, 0.2) is 5.60 Å². The molecule has 2 heterocycles. The fourth-order valence-electron chi connectivity index (χ4n) is 3.46. The maximum absolute atomic E-state index is 12.9. The first-order valence-electron chi connectivity index (χ1n) is 8.41. The zero-order valence-corrected chi connectivity index (χ0v) is 14.0. The van der Waals surface area contributed by atoms with Crippen LogP contribution < -0.4 is 10.1 Å². The number of carbonyl (C=O) groups excluding carboxylic acids is 2. The third-order valence-corrected chi connectivity index (χ3v) is 4.83. The van der Waals surface area contributed by atoms with E-state index in [-0.39, 0.29) is 11.9 Å². The molecule has 128 valence electrons. The molecule has 4 rings (SSSR count). The van der Waals surface area contributed by atoms with Gasteiger partial charge in [-0.3, -0.25) is 4.79 Å². The second kappa shape index (κ2) is 5.92. The van der Waals surface area contributed by atoms with E-state index in [1.54, 1.807) is 19.1 Å². The van der Waals surface area contributed by atoms with E-state index < -0.39 is 11.6 Å². The van der Waals surface area contributed by atoms with Crippen molar-refractivity contribution >= 4 is 11.9 Å². The van der Waals surface area contributed by atoms with Gasteiger partial charge in [0, 0.05) is 18.4 Å². The first kappa shape index (κ1) is 15.7. The van der Waals surface area contributed by atoms with Gasteiger partial charge in [-0.2, -0.15) is 0 Å². The molecule has 2 atom stereocenters. The Hall–Kier alpha value is -2.82. The van der Waals surface area contributed by atoms with Crippen molar-refractivity contribution in [2.45, 2.75) is 31.4 Å². The zero-order chi connectivity index (χ0) is 17.4.